The maximum atomic E-state index is 10.9. The van der Waals surface area contributed by atoms with Crippen LogP contribution in [0.2, 0.25) is 0 Å². The Balaban J connectivity index is 1.83. The third kappa shape index (κ3) is 4.05. The van der Waals surface area contributed by atoms with Gasteiger partial charge in [-0.1, -0.05) is 0 Å². The van der Waals surface area contributed by atoms with E-state index in [4.69, 9.17) is 14.6 Å². The summed E-state index contributed by atoms with van der Waals surface area (Å²) in [5, 5.41) is 21.4. The summed E-state index contributed by atoms with van der Waals surface area (Å²) in [5.41, 5.74) is 0.467. The first-order valence-electron chi connectivity index (χ1n) is 6.67. The van der Waals surface area contributed by atoms with E-state index in [-0.39, 0.29) is 11.3 Å². The molecule has 0 aliphatic rings. The standard InChI is InChI=1S/C16H17NO5/c1-21-12-3-5-13(6-4-12)22-9-8-17-11-2-7-15(18)14(10-11)16(19)20/h2-7,10,17-18H,8-9H2,1H3,(H,19,20). The minimum Gasteiger partial charge on any atom is -0.507 e. The van der Waals surface area contributed by atoms with Gasteiger partial charge in [-0.15, -0.1) is 0 Å². The van der Waals surface area contributed by atoms with Crippen molar-refractivity contribution in [3.05, 3.63) is 48.0 Å². The van der Waals surface area contributed by atoms with Gasteiger partial charge in [0.05, 0.1) is 7.11 Å². The Morgan fingerprint density at radius 3 is 2.45 bits per heavy atom. The van der Waals surface area contributed by atoms with Crippen LogP contribution >= 0.6 is 0 Å². The Kier molecular flexibility index (Phi) is 5.08. The number of anilines is 1. The van der Waals surface area contributed by atoms with Gasteiger partial charge in [-0.2, -0.15) is 0 Å². The highest BCUT2D eigenvalue weighted by atomic mass is 16.5. The number of carbonyl (C=O) groups is 1. The van der Waals surface area contributed by atoms with Crippen LogP contribution in [0.15, 0.2) is 42.5 Å². The van der Waals surface area contributed by atoms with Crippen LogP contribution in [0.4, 0.5) is 5.69 Å². The first-order valence-corrected chi connectivity index (χ1v) is 6.67. The van der Waals surface area contributed by atoms with Crippen molar-refractivity contribution in [1.29, 1.82) is 0 Å². The molecule has 0 unspecified atom stereocenters. The highest BCUT2D eigenvalue weighted by Gasteiger charge is 2.09. The third-order valence-electron chi connectivity index (χ3n) is 2.99. The molecule has 0 heterocycles. The SMILES string of the molecule is COc1ccc(OCCNc2ccc(O)c(C(=O)O)c2)cc1. The molecule has 22 heavy (non-hydrogen) atoms. The molecular formula is C16H17NO5. The van der Waals surface area contributed by atoms with Crippen LogP contribution in [0.1, 0.15) is 10.4 Å². The maximum Gasteiger partial charge on any atom is 0.339 e. The van der Waals surface area contributed by atoms with Crippen molar-refractivity contribution in [3.8, 4) is 17.2 Å². The van der Waals surface area contributed by atoms with E-state index in [1.54, 1.807) is 13.2 Å². The lowest BCUT2D eigenvalue weighted by molar-refractivity contribution is 0.0694. The van der Waals surface area contributed by atoms with Gasteiger partial charge in [0.1, 0.15) is 29.4 Å². The van der Waals surface area contributed by atoms with Gasteiger partial charge in [0.25, 0.3) is 0 Å². The number of carboxylic acids is 1. The molecule has 0 aliphatic carbocycles. The number of hydrogen-bond acceptors (Lipinski definition) is 5. The van der Waals surface area contributed by atoms with E-state index >= 15 is 0 Å². The summed E-state index contributed by atoms with van der Waals surface area (Å²) in [6.07, 6.45) is 0. The number of nitrogens with one attached hydrogen (secondary N) is 1. The van der Waals surface area contributed by atoms with Crippen LogP contribution < -0.4 is 14.8 Å². The first-order chi connectivity index (χ1) is 10.6. The lowest BCUT2D eigenvalue weighted by atomic mass is 10.2. The second-order valence-corrected chi connectivity index (χ2v) is 4.49. The Bertz CT molecular complexity index is 639. The van der Waals surface area contributed by atoms with E-state index in [9.17, 15) is 9.90 Å². The molecule has 0 bridgehead atoms. The van der Waals surface area contributed by atoms with E-state index in [0.29, 0.717) is 18.8 Å². The normalized spacial score (nSPS) is 10.0. The molecule has 0 aromatic heterocycles. The van der Waals surface area contributed by atoms with Crippen molar-refractivity contribution in [2.75, 3.05) is 25.6 Å². The Morgan fingerprint density at radius 1 is 1.14 bits per heavy atom. The number of benzene rings is 2. The van der Waals surface area contributed by atoms with Crippen LogP contribution in [-0.2, 0) is 0 Å². The fraction of sp³-hybridized carbons (Fsp3) is 0.188. The Morgan fingerprint density at radius 2 is 1.82 bits per heavy atom. The highest BCUT2D eigenvalue weighted by Crippen LogP contribution is 2.21. The zero-order chi connectivity index (χ0) is 15.9. The predicted octanol–water partition coefficient (Wildman–Crippen LogP) is 2.59. The van der Waals surface area contributed by atoms with Gasteiger partial charge in [-0.25, -0.2) is 4.79 Å². The molecular weight excluding hydrogens is 286 g/mol. The second-order valence-electron chi connectivity index (χ2n) is 4.49. The molecule has 0 atom stereocenters. The Hall–Kier alpha value is -2.89. The molecule has 2 aromatic rings. The number of rotatable bonds is 7. The lowest BCUT2D eigenvalue weighted by Gasteiger charge is -2.10. The number of methoxy groups -OCH3 is 1. The number of carboxylic acid groups (broad SMARTS) is 1. The smallest absolute Gasteiger partial charge is 0.339 e. The number of ether oxygens (including phenoxy) is 2. The predicted molar refractivity (Wildman–Crippen MR) is 82.0 cm³/mol. The zero-order valence-electron chi connectivity index (χ0n) is 12.1. The fourth-order valence-corrected chi connectivity index (χ4v) is 1.85. The van der Waals surface area contributed by atoms with Crippen LogP contribution in [0.25, 0.3) is 0 Å². The summed E-state index contributed by atoms with van der Waals surface area (Å²) in [5.74, 6) is 0.0541. The number of aromatic carboxylic acids is 1. The summed E-state index contributed by atoms with van der Waals surface area (Å²) in [6.45, 7) is 0.908. The first kappa shape index (κ1) is 15.5. The minimum atomic E-state index is -1.17. The second kappa shape index (κ2) is 7.21. The highest BCUT2D eigenvalue weighted by molar-refractivity contribution is 5.91. The van der Waals surface area contributed by atoms with Crippen molar-refractivity contribution in [1.82, 2.24) is 0 Å². The van der Waals surface area contributed by atoms with Gasteiger partial charge in [0.15, 0.2) is 0 Å². The van der Waals surface area contributed by atoms with Gasteiger partial charge in [0, 0.05) is 12.2 Å². The minimum absolute atomic E-state index is 0.138. The van der Waals surface area contributed by atoms with Gasteiger partial charge in [0.2, 0.25) is 0 Å². The van der Waals surface area contributed by atoms with E-state index in [0.717, 1.165) is 11.5 Å². The molecule has 0 saturated heterocycles. The fourth-order valence-electron chi connectivity index (χ4n) is 1.85. The van der Waals surface area contributed by atoms with Crippen molar-refractivity contribution in [2.45, 2.75) is 0 Å². The molecule has 0 saturated carbocycles. The Labute approximate surface area is 127 Å². The summed E-state index contributed by atoms with van der Waals surface area (Å²) in [7, 11) is 1.60. The molecule has 0 fully saturated rings. The van der Waals surface area contributed by atoms with Crippen molar-refractivity contribution in [3.63, 3.8) is 0 Å². The molecule has 3 N–H and O–H groups in total. The van der Waals surface area contributed by atoms with Crippen LogP contribution in [0.3, 0.4) is 0 Å². The number of hydrogen-bond donors (Lipinski definition) is 3. The molecule has 6 nitrogen and oxygen atoms in total. The molecule has 116 valence electrons. The van der Waals surface area contributed by atoms with Crippen molar-refractivity contribution in [2.24, 2.45) is 0 Å². The van der Waals surface area contributed by atoms with Gasteiger partial charge < -0.3 is 25.0 Å². The molecule has 2 rings (SSSR count). The number of phenols is 1. The molecule has 0 radical (unpaired) electrons. The van der Waals surface area contributed by atoms with Crippen LogP contribution in [0.5, 0.6) is 17.2 Å². The topological polar surface area (TPSA) is 88.0 Å². The molecule has 6 heteroatoms. The number of aromatic hydroxyl groups is 1. The molecule has 0 spiro atoms. The van der Waals surface area contributed by atoms with Gasteiger partial charge >= 0.3 is 5.97 Å². The van der Waals surface area contributed by atoms with Gasteiger partial charge in [-0.05, 0) is 42.5 Å². The van der Waals surface area contributed by atoms with E-state index < -0.39 is 5.97 Å². The third-order valence-corrected chi connectivity index (χ3v) is 2.99. The quantitative estimate of drug-likeness (QED) is 0.538. The lowest BCUT2D eigenvalue weighted by Crippen LogP contribution is -2.12. The van der Waals surface area contributed by atoms with Crippen molar-refractivity contribution < 1.29 is 24.5 Å². The van der Waals surface area contributed by atoms with Crippen molar-refractivity contribution >= 4 is 11.7 Å². The molecule has 0 aliphatic heterocycles. The average Bonchev–Trinajstić information content (AvgIpc) is 2.53. The molecule has 0 amide bonds. The summed E-state index contributed by atoms with van der Waals surface area (Å²) < 4.78 is 10.6. The van der Waals surface area contributed by atoms with E-state index in [1.807, 2.05) is 24.3 Å². The summed E-state index contributed by atoms with van der Waals surface area (Å²) >= 11 is 0. The van der Waals surface area contributed by atoms with Gasteiger partial charge in [-0.3, -0.25) is 0 Å². The van der Waals surface area contributed by atoms with E-state index in [1.165, 1.54) is 12.1 Å². The maximum absolute atomic E-state index is 10.9. The van der Waals surface area contributed by atoms with Crippen LogP contribution in [-0.4, -0.2) is 36.4 Å². The zero-order valence-corrected chi connectivity index (χ0v) is 12.1. The monoisotopic (exact) mass is 303 g/mol. The average molecular weight is 303 g/mol. The largest absolute Gasteiger partial charge is 0.507 e. The molecule has 2 aromatic carbocycles. The summed E-state index contributed by atoms with van der Waals surface area (Å²) in [4.78, 5) is 10.9. The van der Waals surface area contributed by atoms with E-state index in [2.05, 4.69) is 5.32 Å². The summed E-state index contributed by atoms with van der Waals surface area (Å²) in [6, 6.07) is 11.6. The van der Waals surface area contributed by atoms with Crippen LogP contribution in [0, 0.1) is 0 Å².